The molecule has 0 bridgehead atoms. The fourth-order valence-corrected chi connectivity index (χ4v) is 1.87. The summed E-state index contributed by atoms with van der Waals surface area (Å²) in [4.78, 5) is 2.36. The van der Waals surface area contributed by atoms with Gasteiger partial charge in [0.1, 0.15) is 0 Å². The van der Waals surface area contributed by atoms with Gasteiger partial charge in [-0.3, -0.25) is 0 Å². The summed E-state index contributed by atoms with van der Waals surface area (Å²) in [5.41, 5.74) is 9.36. The zero-order valence-corrected chi connectivity index (χ0v) is 11.0. The highest BCUT2D eigenvalue weighted by atomic mass is 15.1. The smallest absolute Gasteiger partial charge is 0.0600 e. The average Bonchev–Trinajstić information content (AvgIpc) is 2.26. The Morgan fingerprint density at radius 1 is 1.31 bits per heavy atom. The van der Waals surface area contributed by atoms with Crippen molar-refractivity contribution in [3.05, 3.63) is 23.8 Å². The van der Waals surface area contributed by atoms with Crippen molar-refractivity contribution < 1.29 is 0 Å². The van der Waals surface area contributed by atoms with Crippen molar-refractivity contribution in [1.82, 2.24) is 0 Å². The highest BCUT2D eigenvalue weighted by Gasteiger charge is 2.10. The van der Waals surface area contributed by atoms with E-state index in [0.29, 0.717) is 5.92 Å². The molecule has 1 atom stereocenters. The van der Waals surface area contributed by atoms with Crippen LogP contribution in [0.3, 0.4) is 0 Å². The molecule has 0 heterocycles. The quantitative estimate of drug-likeness (QED) is 0.770. The Kier molecular flexibility index (Phi) is 4.66. The molecule has 90 valence electrons. The second-order valence-corrected chi connectivity index (χ2v) is 4.61. The maximum atomic E-state index is 6.07. The molecular formula is C14H24N2. The van der Waals surface area contributed by atoms with Crippen molar-refractivity contribution in [1.29, 1.82) is 0 Å². The van der Waals surface area contributed by atoms with Crippen LogP contribution in [0.25, 0.3) is 0 Å². The third-order valence-electron chi connectivity index (χ3n) is 3.13. The molecule has 2 N–H and O–H groups in total. The largest absolute Gasteiger partial charge is 0.397 e. The summed E-state index contributed by atoms with van der Waals surface area (Å²) in [6.07, 6.45) is 1.21. The number of anilines is 2. The number of nitrogens with zero attached hydrogens (tertiary/aromatic N) is 1. The molecule has 2 heteroatoms. The van der Waals surface area contributed by atoms with Gasteiger partial charge in [0, 0.05) is 13.1 Å². The van der Waals surface area contributed by atoms with E-state index in [1.165, 1.54) is 17.7 Å². The van der Waals surface area contributed by atoms with Crippen LogP contribution in [-0.4, -0.2) is 13.1 Å². The Labute approximate surface area is 99.5 Å². The molecule has 1 unspecified atom stereocenters. The van der Waals surface area contributed by atoms with Crippen LogP contribution >= 0.6 is 0 Å². The second kappa shape index (κ2) is 5.78. The van der Waals surface area contributed by atoms with Gasteiger partial charge in [0.15, 0.2) is 0 Å². The SMILES string of the molecule is CCC(C)CN(CC)c1ccc(C)cc1N. The minimum Gasteiger partial charge on any atom is -0.397 e. The summed E-state index contributed by atoms with van der Waals surface area (Å²) in [6.45, 7) is 10.9. The van der Waals surface area contributed by atoms with E-state index in [0.717, 1.165) is 18.8 Å². The first-order chi connectivity index (χ1) is 7.58. The Hall–Kier alpha value is -1.18. The van der Waals surface area contributed by atoms with E-state index in [1.807, 2.05) is 0 Å². The third-order valence-corrected chi connectivity index (χ3v) is 3.13. The normalized spacial score (nSPS) is 12.5. The summed E-state index contributed by atoms with van der Waals surface area (Å²) in [5.74, 6) is 0.709. The molecule has 0 fully saturated rings. The van der Waals surface area contributed by atoms with E-state index in [2.05, 4.69) is 50.8 Å². The standard InChI is InChI=1S/C14H24N2/c1-5-11(3)10-16(6-2)14-8-7-12(4)9-13(14)15/h7-9,11H,5-6,10,15H2,1-4H3. The lowest BCUT2D eigenvalue weighted by molar-refractivity contribution is 0.548. The van der Waals surface area contributed by atoms with Crippen molar-refractivity contribution in [2.24, 2.45) is 5.92 Å². The first-order valence-corrected chi connectivity index (χ1v) is 6.19. The van der Waals surface area contributed by atoms with Crippen LogP contribution in [0.15, 0.2) is 18.2 Å². The van der Waals surface area contributed by atoms with E-state index >= 15 is 0 Å². The van der Waals surface area contributed by atoms with Crippen molar-refractivity contribution in [3.8, 4) is 0 Å². The molecule has 0 aliphatic heterocycles. The zero-order chi connectivity index (χ0) is 12.1. The van der Waals surface area contributed by atoms with Gasteiger partial charge in [0.05, 0.1) is 11.4 Å². The maximum absolute atomic E-state index is 6.07. The van der Waals surface area contributed by atoms with Gasteiger partial charge in [-0.2, -0.15) is 0 Å². The van der Waals surface area contributed by atoms with Crippen molar-refractivity contribution in [3.63, 3.8) is 0 Å². The van der Waals surface area contributed by atoms with Crippen LogP contribution < -0.4 is 10.6 Å². The van der Waals surface area contributed by atoms with Crippen molar-refractivity contribution >= 4 is 11.4 Å². The minimum atomic E-state index is 0.709. The number of aryl methyl sites for hydroxylation is 1. The first-order valence-electron chi connectivity index (χ1n) is 6.19. The number of nitrogens with two attached hydrogens (primary N) is 1. The molecule has 0 saturated carbocycles. The topological polar surface area (TPSA) is 29.3 Å². The van der Waals surface area contributed by atoms with Crippen LogP contribution in [0.1, 0.15) is 32.8 Å². The van der Waals surface area contributed by atoms with E-state index in [-0.39, 0.29) is 0 Å². The fraction of sp³-hybridized carbons (Fsp3) is 0.571. The van der Waals surface area contributed by atoms with Gasteiger partial charge < -0.3 is 10.6 Å². The van der Waals surface area contributed by atoms with Crippen LogP contribution in [-0.2, 0) is 0 Å². The molecule has 0 aliphatic carbocycles. The lowest BCUT2D eigenvalue weighted by atomic mass is 10.1. The Morgan fingerprint density at radius 2 is 2.00 bits per heavy atom. The van der Waals surface area contributed by atoms with Crippen LogP contribution in [0, 0.1) is 12.8 Å². The Bertz CT molecular complexity index is 334. The van der Waals surface area contributed by atoms with Gasteiger partial charge in [0.25, 0.3) is 0 Å². The number of hydrogen-bond acceptors (Lipinski definition) is 2. The summed E-state index contributed by atoms with van der Waals surface area (Å²) in [6, 6.07) is 6.32. The lowest BCUT2D eigenvalue weighted by Crippen LogP contribution is -2.28. The van der Waals surface area contributed by atoms with E-state index < -0.39 is 0 Å². The molecule has 1 rings (SSSR count). The molecule has 1 aromatic rings. The van der Waals surface area contributed by atoms with Gasteiger partial charge in [0.2, 0.25) is 0 Å². The van der Waals surface area contributed by atoms with Gasteiger partial charge >= 0.3 is 0 Å². The molecule has 0 aliphatic rings. The summed E-state index contributed by atoms with van der Waals surface area (Å²) < 4.78 is 0. The van der Waals surface area contributed by atoms with E-state index in [9.17, 15) is 0 Å². The van der Waals surface area contributed by atoms with Gasteiger partial charge in [-0.05, 0) is 37.5 Å². The van der Waals surface area contributed by atoms with Crippen LogP contribution in [0.5, 0.6) is 0 Å². The Morgan fingerprint density at radius 3 is 2.50 bits per heavy atom. The minimum absolute atomic E-state index is 0.709. The molecule has 0 radical (unpaired) electrons. The number of benzene rings is 1. The zero-order valence-electron chi connectivity index (χ0n) is 11.0. The molecule has 0 amide bonds. The predicted molar refractivity (Wildman–Crippen MR) is 72.9 cm³/mol. The fourth-order valence-electron chi connectivity index (χ4n) is 1.87. The first kappa shape index (κ1) is 12.9. The van der Waals surface area contributed by atoms with Crippen LogP contribution in [0.4, 0.5) is 11.4 Å². The number of rotatable bonds is 5. The van der Waals surface area contributed by atoms with Crippen LogP contribution in [0.2, 0.25) is 0 Å². The maximum Gasteiger partial charge on any atom is 0.0600 e. The Balaban J connectivity index is 2.86. The van der Waals surface area contributed by atoms with Gasteiger partial charge in [-0.25, -0.2) is 0 Å². The molecule has 16 heavy (non-hydrogen) atoms. The summed E-state index contributed by atoms with van der Waals surface area (Å²) in [7, 11) is 0. The predicted octanol–water partition coefficient (Wildman–Crippen LogP) is 3.45. The second-order valence-electron chi connectivity index (χ2n) is 4.61. The lowest BCUT2D eigenvalue weighted by Gasteiger charge is -2.27. The molecule has 0 saturated heterocycles. The molecule has 1 aromatic carbocycles. The highest BCUT2D eigenvalue weighted by molar-refractivity contribution is 5.68. The van der Waals surface area contributed by atoms with Crippen molar-refractivity contribution in [2.75, 3.05) is 23.7 Å². The van der Waals surface area contributed by atoms with E-state index in [1.54, 1.807) is 0 Å². The molecule has 0 aromatic heterocycles. The molecular weight excluding hydrogens is 196 g/mol. The van der Waals surface area contributed by atoms with E-state index in [4.69, 9.17) is 5.73 Å². The van der Waals surface area contributed by atoms with Crippen molar-refractivity contribution in [2.45, 2.75) is 34.1 Å². The third kappa shape index (κ3) is 3.16. The highest BCUT2D eigenvalue weighted by Crippen LogP contribution is 2.25. The van der Waals surface area contributed by atoms with Gasteiger partial charge in [-0.1, -0.05) is 26.3 Å². The number of hydrogen-bond donors (Lipinski definition) is 1. The average molecular weight is 220 g/mol. The van der Waals surface area contributed by atoms with Gasteiger partial charge in [-0.15, -0.1) is 0 Å². The monoisotopic (exact) mass is 220 g/mol. The molecule has 2 nitrogen and oxygen atoms in total. The number of nitrogen functional groups attached to an aromatic ring is 1. The molecule has 0 spiro atoms. The summed E-state index contributed by atoms with van der Waals surface area (Å²) >= 11 is 0. The summed E-state index contributed by atoms with van der Waals surface area (Å²) in [5, 5.41) is 0.